The van der Waals surface area contributed by atoms with E-state index in [9.17, 15) is 15.3 Å². The average Bonchev–Trinajstić information content (AvgIpc) is 2.58. The van der Waals surface area contributed by atoms with Crippen LogP contribution in [0, 0.1) is 0 Å². The minimum Gasteiger partial charge on any atom is -0.482 e. The molecule has 0 aliphatic carbocycles. The maximum absolute atomic E-state index is 9.90. The van der Waals surface area contributed by atoms with Crippen molar-refractivity contribution in [2.45, 2.75) is 31.0 Å². The Bertz CT molecular complexity index is 613. The normalized spacial score (nSPS) is 27.6. The third kappa shape index (κ3) is 3.89. The van der Waals surface area contributed by atoms with Crippen LogP contribution in [0.1, 0.15) is 11.1 Å². The third-order valence-electron chi connectivity index (χ3n) is 3.90. The highest BCUT2D eigenvalue weighted by atomic mass is 16.6. The van der Waals surface area contributed by atoms with Gasteiger partial charge in [0.05, 0.1) is 6.61 Å². The molecule has 23 heavy (non-hydrogen) atoms. The molecule has 0 bridgehead atoms. The quantitative estimate of drug-likeness (QED) is 0.787. The fourth-order valence-corrected chi connectivity index (χ4v) is 2.58. The molecule has 1 fully saturated rings. The van der Waals surface area contributed by atoms with Crippen molar-refractivity contribution < 1.29 is 24.8 Å². The Morgan fingerprint density at radius 3 is 2.26 bits per heavy atom. The van der Waals surface area contributed by atoms with Gasteiger partial charge in [-0.1, -0.05) is 42.5 Å². The monoisotopic (exact) mass is 316 g/mol. The second kappa shape index (κ2) is 7.10. The molecule has 1 aliphatic heterocycles. The molecule has 5 heteroatoms. The van der Waals surface area contributed by atoms with E-state index in [1.165, 1.54) is 5.56 Å². The summed E-state index contributed by atoms with van der Waals surface area (Å²) >= 11 is 0. The summed E-state index contributed by atoms with van der Waals surface area (Å²) in [5.74, 6) is 0.502. The molecular weight excluding hydrogens is 296 g/mol. The van der Waals surface area contributed by atoms with E-state index in [1.54, 1.807) is 12.1 Å². The lowest BCUT2D eigenvalue weighted by Crippen LogP contribution is -2.55. The van der Waals surface area contributed by atoms with Gasteiger partial charge < -0.3 is 24.8 Å². The van der Waals surface area contributed by atoms with Crippen LogP contribution in [-0.4, -0.2) is 46.5 Å². The summed E-state index contributed by atoms with van der Waals surface area (Å²) in [5, 5.41) is 29.2. The van der Waals surface area contributed by atoms with Crippen molar-refractivity contribution in [1.82, 2.24) is 0 Å². The van der Waals surface area contributed by atoms with Crippen LogP contribution >= 0.6 is 0 Å². The van der Waals surface area contributed by atoms with Gasteiger partial charge in [0.1, 0.15) is 18.0 Å². The molecule has 1 heterocycles. The predicted molar refractivity (Wildman–Crippen MR) is 84.1 cm³/mol. The highest BCUT2D eigenvalue weighted by molar-refractivity contribution is 5.31. The fraction of sp³-hybridized carbons (Fsp3) is 0.333. The summed E-state index contributed by atoms with van der Waals surface area (Å²) in [6.45, 7) is -0.113. The van der Waals surface area contributed by atoms with Crippen LogP contribution in [0.3, 0.4) is 0 Å². The summed E-state index contributed by atoms with van der Waals surface area (Å²) in [6.07, 6.45) is -3.72. The Hall–Kier alpha value is -1.92. The number of ether oxygens (including phenoxy) is 2. The molecule has 0 radical (unpaired) electrons. The van der Waals surface area contributed by atoms with Gasteiger partial charge in [-0.05, 0) is 29.7 Å². The molecule has 3 rings (SSSR count). The lowest BCUT2D eigenvalue weighted by atomic mass is 10.0. The highest BCUT2D eigenvalue weighted by Crippen LogP contribution is 2.22. The fourth-order valence-electron chi connectivity index (χ4n) is 2.58. The van der Waals surface area contributed by atoms with E-state index in [0.717, 1.165) is 12.0 Å². The molecule has 0 amide bonds. The van der Waals surface area contributed by atoms with Crippen LogP contribution < -0.4 is 4.74 Å². The average molecular weight is 316 g/mol. The van der Waals surface area contributed by atoms with Crippen LogP contribution in [0.5, 0.6) is 5.75 Å². The SMILES string of the molecule is O[C@@H]1[C@@H](Oc2ccc(Cc3ccccc3)cc2)[C@H](O)OC[C@H]1O. The molecule has 2 aromatic rings. The van der Waals surface area contributed by atoms with Gasteiger partial charge in [0, 0.05) is 0 Å². The van der Waals surface area contributed by atoms with Gasteiger partial charge in [-0.25, -0.2) is 0 Å². The van der Waals surface area contributed by atoms with E-state index >= 15 is 0 Å². The number of hydrogen-bond acceptors (Lipinski definition) is 5. The van der Waals surface area contributed by atoms with Crippen LogP contribution in [0.15, 0.2) is 54.6 Å². The lowest BCUT2D eigenvalue weighted by molar-refractivity contribution is -0.244. The van der Waals surface area contributed by atoms with Crippen LogP contribution in [0.2, 0.25) is 0 Å². The molecule has 1 aliphatic rings. The number of rotatable bonds is 4. The molecule has 0 saturated carbocycles. The maximum Gasteiger partial charge on any atom is 0.195 e. The summed E-state index contributed by atoms with van der Waals surface area (Å²) < 4.78 is 10.5. The summed E-state index contributed by atoms with van der Waals surface area (Å²) in [5.41, 5.74) is 2.35. The number of aliphatic hydroxyl groups excluding tert-OH is 3. The summed E-state index contributed by atoms with van der Waals surface area (Å²) in [4.78, 5) is 0. The zero-order valence-corrected chi connectivity index (χ0v) is 12.6. The van der Waals surface area contributed by atoms with Gasteiger partial charge in [-0.2, -0.15) is 0 Å². The molecule has 2 aromatic carbocycles. The van der Waals surface area contributed by atoms with Crippen molar-refractivity contribution in [3.63, 3.8) is 0 Å². The molecular formula is C18H20O5. The first-order valence-corrected chi connectivity index (χ1v) is 7.59. The third-order valence-corrected chi connectivity index (χ3v) is 3.90. The first-order valence-electron chi connectivity index (χ1n) is 7.59. The Kier molecular flexibility index (Phi) is 4.93. The van der Waals surface area contributed by atoms with Crippen molar-refractivity contribution in [3.05, 3.63) is 65.7 Å². The Morgan fingerprint density at radius 2 is 1.57 bits per heavy atom. The van der Waals surface area contributed by atoms with Crippen molar-refractivity contribution in [1.29, 1.82) is 0 Å². The molecule has 122 valence electrons. The summed E-state index contributed by atoms with van der Waals surface area (Å²) in [6, 6.07) is 17.5. The molecule has 0 unspecified atom stereocenters. The largest absolute Gasteiger partial charge is 0.482 e. The highest BCUT2D eigenvalue weighted by Gasteiger charge is 2.39. The van der Waals surface area contributed by atoms with Gasteiger partial charge in [0.25, 0.3) is 0 Å². The predicted octanol–water partition coefficient (Wildman–Crippen LogP) is 1.10. The number of hydrogen-bond donors (Lipinski definition) is 3. The minimum atomic E-state index is -1.27. The zero-order chi connectivity index (χ0) is 16.2. The van der Waals surface area contributed by atoms with E-state index in [0.29, 0.717) is 5.75 Å². The first kappa shape index (κ1) is 16.0. The molecule has 5 nitrogen and oxygen atoms in total. The molecule has 0 aromatic heterocycles. The molecule has 3 N–H and O–H groups in total. The molecule has 1 saturated heterocycles. The van der Waals surface area contributed by atoms with Gasteiger partial charge in [0.15, 0.2) is 12.4 Å². The van der Waals surface area contributed by atoms with Crippen molar-refractivity contribution in [3.8, 4) is 5.75 Å². The van der Waals surface area contributed by atoms with E-state index in [4.69, 9.17) is 9.47 Å². The minimum absolute atomic E-state index is 0.113. The Labute approximate surface area is 134 Å². The van der Waals surface area contributed by atoms with Gasteiger partial charge >= 0.3 is 0 Å². The second-order valence-electron chi connectivity index (χ2n) is 5.67. The van der Waals surface area contributed by atoms with Gasteiger partial charge in [-0.3, -0.25) is 0 Å². The number of benzene rings is 2. The maximum atomic E-state index is 9.90. The van der Waals surface area contributed by atoms with Crippen molar-refractivity contribution in [2.75, 3.05) is 6.61 Å². The van der Waals surface area contributed by atoms with Crippen LogP contribution in [0.4, 0.5) is 0 Å². The van der Waals surface area contributed by atoms with E-state index in [1.807, 2.05) is 30.3 Å². The molecule has 4 atom stereocenters. The van der Waals surface area contributed by atoms with E-state index in [2.05, 4.69) is 12.1 Å². The Morgan fingerprint density at radius 1 is 0.913 bits per heavy atom. The topological polar surface area (TPSA) is 79.2 Å². The van der Waals surface area contributed by atoms with Crippen molar-refractivity contribution >= 4 is 0 Å². The van der Waals surface area contributed by atoms with Crippen LogP contribution in [0.25, 0.3) is 0 Å². The Balaban J connectivity index is 1.65. The standard InChI is InChI=1S/C18H20O5/c19-15-11-22-18(21)17(16(15)20)23-14-8-6-13(7-9-14)10-12-4-2-1-3-5-12/h1-9,15-21H,10-11H2/t15-,16+,17-,18-/m1/s1. The molecule has 0 spiro atoms. The number of aliphatic hydroxyl groups is 3. The van der Waals surface area contributed by atoms with Crippen LogP contribution in [-0.2, 0) is 11.2 Å². The smallest absolute Gasteiger partial charge is 0.195 e. The second-order valence-corrected chi connectivity index (χ2v) is 5.67. The van der Waals surface area contributed by atoms with Crippen molar-refractivity contribution in [2.24, 2.45) is 0 Å². The van der Waals surface area contributed by atoms with Gasteiger partial charge in [-0.15, -0.1) is 0 Å². The van der Waals surface area contributed by atoms with E-state index in [-0.39, 0.29) is 6.61 Å². The lowest BCUT2D eigenvalue weighted by Gasteiger charge is -2.35. The van der Waals surface area contributed by atoms with Gasteiger partial charge in [0.2, 0.25) is 0 Å². The zero-order valence-electron chi connectivity index (χ0n) is 12.6. The summed E-state index contributed by atoms with van der Waals surface area (Å²) in [7, 11) is 0. The first-order chi connectivity index (χ1) is 11.1. The van der Waals surface area contributed by atoms with E-state index < -0.39 is 24.6 Å².